The second kappa shape index (κ2) is 6.82. The van der Waals surface area contributed by atoms with Crippen LogP contribution in [0.25, 0.3) is 0 Å². The molecular weight excluding hydrogens is 182 g/mol. The summed E-state index contributed by atoms with van der Waals surface area (Å²) in [6, 6.07) is 0. The molecule has 8 heavy (non-hydrogen) atoms. The van der Waals surface area contributed by atoms with Gasteiger partial charge in [0.25, 0.3) is 0 Å². The quantitative estimate of drug-likeness (QED) is 0.401. The van der Waals surface area contributed by atoms with E-state index in [9.17, 15) is 4.53 Å². The third-order valence-corrected chi connectivity index (χ3v) is 0.311. The first-order valence-corrected chi connectivity index (χ1v) is 2.78. The topological polar surface area (TPSA) is 69.9 Å². The van der Waals surface area contributed by atoms with Crippen LogP contribution < -0.4 is 0 Å². The number of halogens is 1. The van der Waals surface area contributed by atoms with E-state index in [0.717, 1.165) is 0 Å². The van der Waals surface area contributed by atoms with Crippen LogP contribution in [0.3, 0.4) is 0 Å². The molecule has 0 aliphatic rings. The smallest absolute Gasteiger partial charge is 0 e. The van der Waals surface area contributed by atoms with Gasteiger partial charge in [0.1, 0.15) is 0 Å². The Morgan fingerprint density at radius 2 is 1.38 bits per heavy atom. The van der Waals surface area contributed by atoms with Crippen LogP contribution >= 0.6 is 0 Å². The zero-order valence-corrected chi connectivity index (χ0v) is 5.69. The van der Waals surface area contributed by atoms with E-state index >= 15 is 0 Å². The van der Waals surface area contributed by atoms with Gasteiger partial charge in [0.2, 0.25) is 0 Å². The van der Waals surface area contributed by atoms with Crippen molar-refractivity contribution >= 4 is 38.6 Å². The summed E-state index contributed by atoms with van der Waals surface area (Å²) in [6.45, 7) is 0. The Morgan fingerprint density at radius 1 is 1.25 bits per heavy atom. The standard InChI is InChI=1S/FH3O4Si.Na.Ti.H/c1-5-6(2,3)4;;;/h2-4H;;;. The summed E-state index contributed by atoms with van der Waals surface area (Å²) in [4.78, 5) is 22.4. The van der Waals surface area contributed by atoms with Gasteiger partial charge in [-0.05, 0) is 0 Å². The minimum Gasteiger partial charge on any atom is 0 e. The van der Waals surface area contributed by atoms with E-state index in [4.69, 9.17) is 14.4 Å². The summed E-state index contributed by atoms with van der Waals surface area (Å²) in [5, 5.41) is 0. The maximum absolute atomic E-state index is 10.3. The maximum atomic E-state index is 10.3. The van der Waals surface area contributed by atoms with E-state index in [1.165, 1.54) is 0 Å². The number of rotatable bonds is 1. The van der Waals surface area contributed by atoms with E-state index < -0.39 is 9.05 Å². The van der Waals surface area contributed by atoms with Crippen molar-refractivity contribution in [1.29, 1.82) is 0 Å². The van der Waals surface area contributed by atoms with Crippen molar-refractivity contribution in [3.63, 3.8) is 0 Å². The van der Waals surface area contributed by atoms with Crippen molar-refractivity contribution in [3.05, 3.63) is 0 Å². The molecule has 3 N–H and O–H groups in total. The molecule has 0 rings (SSSR count). The van der Waals surface area contributed by atoms with E-state index in [2.05, 4.69) is 4.63 Å². The molecule has 8 heteroatoms. The minimum atomic E-state index is -4.80. The summed E-state index contributed by atoms with van der Waals surface area (Å²) in [6.07, 6.45) is 0. The van der Waals surface area contributed by atoms with Crippen molar-refractivity contribution < 1.29 is 45.3 Å². The van der Waals surface area contributed by atoms with E-state index in [1.54, 1.807) is 0 Å². The second-order valence-electron chi connectivity index (χ2n) is 0.651. The largest absolute Gasteiger partial charge is 0 e. The third kappa shape index (κ3) is 15.6. The molecule has 0 amide bonds. The summed E-state index contributed by atoms with van der Waals surface area (Å²) < 4.78 is 12.6. The van der Waals surface area contributed by atoms with Crippen LogP contribution in [0.4, 0.5) is 4.53 Å². The molecule has 0 aliphatic carbocycles. The van der Waals surface area contributed by atoms with Gasteiger partial charge in [0.15, 0.2) is 0 Å². The maximum Gasteiger partial charge on any atom is 0 e. The van der Waals surface area contributed by atoms with Gasteiger partial charge in [0, 0.05) is 21.7 Å². The van der Waals surface area contributed by atoms with Gasteiger partial charge in [-0.3, -0.25) is 0 Å². The normalized spacial score (nSPS) is 9.00. The van der Waals surface area contributed by atoms with Crippen LogP contribution in [0.2, 0.25) is 0 Å². The average Bonchev–Trinajstić information content (AvgIpc) is 1.35. The first kappa shape index (κ1) is 16.4. The van der Waals surface area contributed by atoms with Crippen molar-refractivity contribution in [2.75, 3.05) is 0 Å². The average molecular weight is 186 g/mol. The zero-order valence-electron chi connectivity index (χ0n) is 3.13. The van der Waals surface area contributed by atoms with Gasteiger partial charge in [-0.2, -0.15) is 4.63 Å². The van der Waals surface area contributed by atoms with Crippen LogP contribution in [0, 0.1) is 0 Å². The summed E-state index contributed by atoms with van der Waals surface area (Å²) in [5.74, 6) is 0. The zero-order chi connectivity index (χ0) is 5.21. The van der Waals surface area contributed by atoms with Gasteiger partial charge in [-0.1, -0.05) is 4.53 Å². The number of hydrogen-bond donors (Lipinski definition) is 3. The summed E-state index contributed by atoms with van der Waals surface area (Å²) in [7, 11) is -4.80. The second-order valence-corrected chi connectivity index (χ2v) is 1.95. The van der Waals surface area contributed by atoms with E-state index in [1.807, 2.05) is 0 Å². The molecule has 0 fully saturated rings. The van der Waals surface area contributed by atoms with Crippen molar-refractivity contribution in [3.8, 4) is 0 Å². The van der Waals surface area contributed by atoms with Crippen LogP contribution in [-0.4, -0.2) is 53.0 Å². The van der Waals surface area contributed by atoms with Crippen molar-refractivity contribution in [1.82, 2.24) is 0 Å². The third-order valence-electron chi connectivity index (χ3n) is 0.104. The molecule has 0 saturated carbocycles. The molecule has 0 aromatic carbocycles. The van der Waals surface area contributed by atoms with Crippen LogP contribution in [-0.2, 0) is 26.3 Å². The Bertz CT molecular complexity index is 45.8. The van der Waals surface area contributed by atoms with Crippen LogP contribution in [0.1, 0.15) is 0 Å². The monoisotopic (exact) mass is 186 g/mol. The first-order valence-electron chi connectivity index (χ1n) is 1.03. The van der Waals surface area contributed by atoms with Crippen LogP contribution in [0.15, 0.2) is 0 Å². The molecule has 0 aliphatic heterocycles. The predicted octanol–water partition coefficient (Wildman–Crippen LogP) is -2.35. The van der Waals surface area contributed by atoms with Crippen molar-refractivity contribution in [2.45, 2.75) is 0 Å². The molecule has 0 unspecified atom stereocenters. The molecule has 0 spiro atoms. The van der Waals surface area contributed by atoms with Crippen LogP contribution in [0.5, 0.6) is 0 Å². The van der Waals surface area contributed by atoms with Gasteiger partial charge in [-0.15, -0.1) is 0 Å². The Morgan fingerprint density at radius 3 is 1.38 bits per heavy atom. The molecular formula is H4FNaO4SiTi. The molecule has 0 aromatic heterocycles. The first-order chi connectivity index (χ1) is 2.56. The Hall–Kier alpha value is 1.70. The molecule has 0 aromatic rings. The molecule has 4 nitrogen and oxygen atoms in total. The molecule has 0 saturated heterocycles. The fourth-order valence-electron chi connectivity index (χ4n) is 0. The van der Waals surface area contributed by atoms with Gasteiger partial charge >= 0.3 is 38.6 Å². The summed E-state index contributed by atoms with van der Waals surface area (Å²) in [5.41, 5.74) is 0. The predicted molar refractivity (Wildman–Crippen MR) is 21.8 cm³/mol. The Balaban J connectivity index is -0.000000125. The van der Waals surface area contributed by atoms with Crippen molar-refractivity contribution in [2.24, 2.45) is 0 Å². The number of hydrogen-bond acceptors (Lipinski definition) is 4. The molecule has 0 bridgehead atoms. The van der Waals surface area contributed by atoms with Gasteiger partial charge in [0.05, 0.1) is 0 Å². The summed E-state index contributed by atoms with van der Waals surface area (Å²) >= 11 is 0. The van der Waals surface area contributed by atoms with E-state index in [-0.39, 0.29) is 51.3 Å². The molecule has 44 valence electrons. The minimum absolute atomic E-state index is 0. The van der Waals surface area contributed by atoms with Gasteiger partial charge in [-0.25, -0.2) is 0 Å². The van der Waals surface area contributed by atoms with Gasteiger partial charge < -0.3 is 14.4 Å². The SMILES string of the molecule is O[Si](O)(O)OF.[NaH].[Ti]. The van der Waals surface area contributed by atoms with E-state index in [0.29, 0.717) is 0 Å². The fraction of sp³-hybridized carbons (Fsp3) is 0. The Kier molecular flexibility index (Phi) is 13.9. The molecule has 0 radical (unpaired) electrons. The molecule has 0 atom stereocenters. The fourth-order valence-corrected chi connectivity index (χ4v) is 0. The Labute approximate surface area is 83.2 Å². The molecule has 0 heterocycles.